The van der Waals surface area contributed by atoms with Gasteiger partial charge in [0.1, 0.15) is 0 Å². The number of nitro groups is 1. The van der Waals surface area contributed by atoms with Crippen LogP contribution in [0.15, 0.2) is 59.7 Å². The van der Waals surface area contributed by atoms with Gasteiger partial charge in [-0.25, -0.2) is 9.97 Å². The van der Waals surface area contributed by atoms with Gasteiger partial charge in [0.15, 0.2) is 11.6 Å². The van der Waals surface area contributed by atoms with E-state index < -0.39 is 4.92 Å². The zero-order valence-corrected chi connectivity index (χ0v) is 14.4. The molecule has 1 aromatic heterocycles. The van der Waals surface area contributed by atoms with Crippen LogP contribution in [-0.4, -0.2) is 21.1 Å². The third kappa shape index (κ3) is 3.72. The van der Waals surface area contributed by atoms with Gasteiger partial charge in [0.2, 0.25) is 0 Å². The van der Waals surface area contributed by atoms with Crippen molar-refractivity contribution < 1.29 is 4.92 Å². The third-order valence-corrected chi connectivity index (χ3v) is 3.93. The van der Waals surface area contributed by atoms with E-state index in [0.29, 0.717) is 17.2 Å². The van der Waals surface area contributed by atoms with Gasteiger partial charge in [-0.15, -0.1) is 0 Å². The molecule has 0 fully saturated rings. The van der Waals surface area contributed by atoms with E-state index in [0.717, 1.165) is 16.8 Å². The number of benzene rings is 2. The fourth-order valence-corrected chi connectivity index (χ4v) is 2.38. The fraction of sp³-hybridized carbons (Fsp3) is 0.105. The molecule has 0 atom stereocenters. The number of anilines is 1. The maximum Gasteiger partial charge on any atom is 0.278 e. The Morgan fingerprint density at radius 2 is 1.73 bits per heavy atom. The second kappa shape index (κ2) is 7.52. The Bertz CT molecular complexity index is 971. The van der Waals surface area contributed by atoms with Crippen molar-refractivity contribution in [1.82, 2.24) is 9.97 Å². The zero-order valence-electron chi connectivity index (χ0n) is 14.4. The standard InChI is InChI=1S/C19H17N5O2/c1-13-14(2)21-19(15-8-4-3-5-9-15)22-18(13)23-20-12-16-10-6-7-11-17(16)24(25)26/h3-12H,1-2H3,(H,21,22,23). The van der Waals surface area contributed by atoms with Crippen molar-refractivity contribution in [2.24, 2.45) is 5.10 Å². The van der Waals surface area contributed by atoms with Crippen LogP contribution in [0.2, 0.25) is 0 Å². The molecule has 0 amide bonds. The molecule has 130 valence electrons. The fourth-order valence-electron chi connectivity index (χ4n) is 2.38. The van der Waals surface area contributed by atoms with Crippen molar-refractivity contribution in [2.75, 3.05) is 5.43 Å². The first-order valence-corrected chi connectivity index (χ1v) is 7.99. The zero-order chi connectivity index (χ0) is 18.5. The second-order valence-corrected chi connectivity index (χ2v) is 5.66. The number of aryl methyl sites for hydroxylation is 1. The Labute approximate surface area is 150 Å². The molecule has 1 heterocycles. The number of nitrogens with one attached hydrogen (secondary N) is 1. The lowest BCUT2D eigenvalue weighted by Crippen LogP contribution is -2.03. The van der Waals surface area contributed by atoms with Gasteiger partial charge in [-0.3, -0.25) is 15.5 Å². The number of aromatic nitrogens is 2. The molecule has 0 aliphatic heterocycles. The summed E-state index contributed by atoms with van der Waals surface area (Å²) in [6, 6.07) is 16.1. The van der Waals surface area contributed by atoms with Crippen molar-refractivity contribution in [3.63, 3.8) is 0 Å². The number of rotatable bonds is 5. The van der Waals surface area contributed by atoms with E-state index in [-0.39, 0.29) is 5.69 Å². The molecule has 3 aromatic rings. The van der Waals surface area contributed by atoms with Gasteiger partial charge < -0.3 is 0 Å². The van der Waals surface area contributed by atoms with Gasteiger partial charge in [-0.05, 0) is 19.9 Å². The molecule has 3 rings (SSSR count). The van der Waals surface area contributed by atoms with Gasteiger partial charge in [-0.2, -0.15) is 5.10 Å². The lowest BCUT2D eigenvalue weighted by atomic mass is 10.2. The molecular formula is C19H17N5O2. The first kappa shape index (κ1) is 17.2. The van der Waals surface area contributed by atoms with Crippen LogP contribution in [0, 0.1) is 24.0 Å². The predicted molar refractivity (Wildman–Crippen MR) is 101 cm³/mol. The maximum atomic E-state index is 11.1. The molecule has 0 unspecified atom stereocenters. The summed E-state index contributed by atoms with van der Waals surface area (Å²) in [6.45, 7) is 3.80. The van der Waals surface area contributed by atoms with E-state index in [1.807, 2.05) is 44.2 Å². The van der Waals surface area contributed by atoms with Gasteiger partial charge in [-0.1, -0.05) is 42.5 Å². The Hall–Kier alpha value is -3.61. The van der Waals surface area contributed by atoms with Crippen LogP contribution in [0.25, 0.3) is 11.4 Å². The van der Waals surface area contributed by atoms with E-state index in [1.54, 1.807) is 18.2 Å². The SMILES string of the molecule is Cc1nc(-c2ccccc2)nc(NN=Cc2ccccc2[N+](=O)[O-])c1C. The van der Waals surface area contributed by atoms with Crippen LogP contribution >= 0.6 is 0 Å². The highest BCUT2D eigenvalue weighted by atomic mass is 16.6. The van der Waals surface area contributed by atoms with Crippen LogP contribution in [0.3, 0.4) is 0 Å². The Morgan fingerprint density at radius 3 is 2.46 bits per heavy atom. The first-order valence-electron chi connectivity index (χ1n) is 7.99. The molecule has 0 saturated carbocycles. The largest absolute Gasteiger partial charge is 0.278 e. The minimum atomic E-state index is -0.436. The van der Waals surface area contributed by atoms with Gasteiger partial charge in [0.25, 0.3) is 5.69 Å². The number of hydrazone groups is 1. The molecule has 0 bridgehead atoms. The summed E-state index contributed by atoms with van der Waals surface area (Å²) >= 11 is 0. The van der Waals surface area contributed by atoms with E-state index in [1.165, 1.54) is 12.3 Å². The van der Waals surface area contributed by atoms with E-state index in [2.05, 4.69) is 20.5 Å². The quantitative estimate of drug-likeness (QED) is 0.426. The summed E-state index contributed by atoms with van der Waals surface area (Å²) in [5.74, 6) is 1.16. The molecule has 0 radical (unpaired) electrons. The van der Waals surface area contributed by atoms with Gasteiger partial charge >= 0.3 is 0 Å². The maximum absolute atomic E-state index is 11.1. The summed E-state index contributed by atoms with van der Waals surface area (Å²) in [5.41, 5.74) is 5.89. The van der Waals surface area contributed by atoms with Gasteiger partial charge in [0, 0.05) is 22.9 Å². The number of nitro benzene ring substituents is 1. The Balaban J connectivity index is 1.89. The molecule has 0 aliphatic rings. The van der Waals surface area contributed by atoms with Crippen molar-refractivity contribution in [2.45, 2.75) is 13.8 Å². The lowest BCUT2D eigenvalue weighted by molar-refractivity contribution is -0.385. The topological polar surface area (TPSA) is 93.3 Å². The van der Waals surface area contributed by atoms with Crippen molar-refractivity contribution in [1.29, 1.82) is 0 Å². The number of para-hydroxylation sites is 1. The molecule has 0 aliphatic carbocycles. The molecule has 0 spiro atoms. The second-order valence-electron chi connectivity index (χ2n) is 5.66. The predicted octanol–water partition coefficient (Wildman–Crippen LogP) is 4.11. The molecule has 2 aromatic carbocycles. The minimum absolute atomic E-state index is 0.00128. The highest BCUT2D eigenvalue weighted by molar-refractivity contribution is 5.85. The molecule has 7 nitrogen and oxygen atoms in total. The van der Waals surface area contributed by atoms with Crippen LogP contribution in [-0.2, 0) is 0 Å². The third-order valence-electron chi connectivity index (χ3n) is 3.93. The summed E-state index contributed by atoms with van der Waals surface area (Å²) < 4.78 is 0. The summed E-state index contributed by atoms with van der Waals surface area (Å²) in [5, 5.41) is 15.2. The Morgan fingerprint density at radius 1 is 1.04 bits per heavy atom. The molecule has 1 N–H and O–H groups in total. The minimum Gasteiger partial charge on any atom is -0.261 e. The number of hydrogen-bond donors (Lipinski definition) is 1. The Kier molecular flexibility index (Phi) is 4.98. The highest BCUT2D eigenvalue weighted by Crippen LogP contribution is 2.21. The first-order chi connectivity index (χ1) is 12.6. The summed E-state index contributed by atoms with van der Waals surface area (Å²) in [7, 11) is 0. The molecule has 0 saturated heterocycles. The summed E-state index contributed by atoms with van der Waals surface area (Å²) in [6.07, 6.45) is 1.41. The van der Waals surface area contributed by atoms with Crippen LogP contribution in [0.5, 0.6) is 0 Å². The van der Waals surface area contributed by atoms with Gasteiger partial charge in [0.05, 0.1) is 16.7 Å². The average molecular weight is 347 g/mol. The molecule has 7 heteroatoms. The normalized spacial score (nSPS) is 10.8. The molecule has 26 heavy (non-hydrogen) atoms. The number of nitrogens with zero attached hydrogens (tertiary/aromatic N) is 4. The lowest BCUT2D eigenvalue weighted by Gasteiger charge is -2.09. The van der Waals surface area contributed by atoms with E-state index in [9.17, 15) is 10.1 Å². The van der Waals surface area contributed by atoms with Crippen LogP contribution in [0.1, 0.15) is 16.8 Å². The van der Waals surface area contributed by atoms with Crippen molar-refractivity contribution in [3.05, 3.63) is 81.5 Å². The van der Waals surface area contributed by atoms with Crippen LogP contribution < -0.4 is 5.43 Å². The van der Waals surface area contributed by atoms with E-state index in [4.69, 9.17) is 0 Å². The highest BCUT2D eigenvalue weighted by Gasteiger charge is 2.11. The number of hydrogen-bond acceptors (Lipinski definition) is 6. The van der Waals surface area contributed by atoms with E-state index >= 15 is 0 Å². The molecular weight excluding hydrogens is 330 g/mol. The average Bonchev–Trinajstić information content (AvgIpc) is 2.66. The summed E-state index contributed by atoms with van der Waals surface area (Å²) in [4.78, 5) is 19.7. The van der Waals surface area contributed by atoms with Crippen LogP contribution in [0.4, 0.5) is 11.5 Å². The van der Waals surface area contributed by atoms with Crippen molar-refractivity contribution in [3.8, 4) is 11.4 Å². The smallest absolute Gasteiger partial charge is 0.261 e. The van der Waals surface area contributed by atoms with Crippen molar-refractivity contribution >= 4 is 17.7 Å². The monoisotopic (exact) mass is 347 g/mol.